The fraction of sp³-hybridized carbons (Fsp3) is 0.467. The fourth-order valence-electron chi connectivity index (χ4n) is 10.6. The number of aryl methyl sites for hydroxylation is 4. The summed E-state index contributed by atoms with van der Waals surface area (Å²) in [4.78, 5) is 0. The van der Waals surface area contributed by atoms with Crippen LogP contribution in [0.4, 0.5) is 0 Å². The molecule has 0 heteroatoms. The predicted octanol–water partition coefficient (Wildman–Crippen LogP) is 11.8. The van der Waals surface area contributed by atoms with Crippen LogP contribution >= 0.6 is 0 Å². The van der Waals surface area contributed by atoms with Gasteiger partial charge in [0.05, 0.1) is 0 Å². The van der Waals surface area contributed by atoms with E-state index < -0.39 is 0 Å². The number of rotatable bonds is 4. The van der Waals surface area contributed by atoms with Crippen molar-refractivity contribution in [1.29, 1.82) is 0 Å². The van der Waals surface area contributed by atoms with Crippen LogP contribution in [0.1, 0.15) is 141 Å². The number of hydrogen-bond donors (Lipinski definition) is 0. The van der Waals surface area contributed by atoms with E-state index in [2.05, 4.69) is 114 Å². The zero-order valence-corrected chi connectivity index (χ0v) is 28.7. The Morgan fingerprint density at radius 3 is 1.40 bits per heavy atom. The van der Waals surface area contributed by atoms with E-state index >= 15 is 0 Å². The molecule has 1 saturated carbocycles. The van der Waals surface area contributed by atoms with Crippen molar-refractivity contribution in [2.75, 3.05) is 0 Å². The van der Waals surface area contributed by atoms with Gasteiger partial charge >= 0.3 is 0 Å². The molecule has 0 unspecified atom stereocenters. The molecule has 4 aromatic carbocycles. The molecule has 8 rings (SSSR count). The Bertz CT molecular complexity index is 1630. The fourth-order valence-corrected chi connectivity index (χ4v) is 10.6. The molecule has 0 saturated heterocycles. The van der Waals surface area contributed by atoms with E-state index in [1.165, 1.54) is 97.6 Å². The Labute approximate surface area is 272 Å². The van der Waals surface area contributed by atoms with Crippen molar-refractivity contribution in [3.63, 3.8) is 0 Å². The van der Waals surface area contributed by atoms with E-state index in [0.29, 0.717) is 11.8 Å². The minimum Gasteiger partial charge on any atom is -0.0590 e. The van der Waals surface area contributed by atoms with Crippen molar-refractivity contribution < 1.29 is 0 Å². The van der Waals surface area contributed by atoms with E-state index in [-0.39, 0.29) is 16.2 Å². The molecule has 1 fully saturated rings. The van der Waals surface area contributed by atoms with E-state index in [4.69, 9.17) is 0 Å². The van der Waals surface area contributed by atoms with Gasteiger partial charge in [-0.2, -0.15) is 0 Å². The van der Waals surface area contributed by atoms with Crippen LogP contribution in [-0.2, 0) is 29.1 Å². The molecule has 232 valence electrons. The van der Waals surface area contributed by atoms with Crippen LogP contribution in [0.2, 0.25) is 0 Å². The molecule has 0 aromatic heterocycles. The van der Waals surface area contributed by atoms with Gasteiger partial charge in [0, 0.05) is 11.3 Å². The van der Waals surface area contributed by atoms with Gasteiger partial charge in [-0.05, 0) is 138 Å². The molecule has 0 amide bonds. The molecule has 4 aliphatic rings. The van der Waals surface area contributed by atoms with Crippen LogP contribution in [0.25, 0.3) is 11.1 Å². The second-order valence-electron chi connectivity index (χ2n) is 16.7. The summed E-state index contributed by atoms with van der Waals surface area (Å²) < 4.78 is 0. The highest BCUT2D eigenvalue weighted by Crippen LogP contribution is 2.63. The van der Waals surface area contributed by atoms with Crippen LogP contribution in [0.15, 0.2) is 72.8 Å². The van der Waals surface area contributed by atoms with E-state index in [1.54, 1.807) is 33.4 Å². The maximum absolute atomic E-state index is 2.73. The van der Waals surface area contributed by atoms with Crippen molar-refractivity contribution in [3.05, 3.63) is 128 Å². The van der Waals surface area contributed by atoms with Crippen LogP contribution < -0.4 is 0 Å². The first-order valence-corrected chi connectivity index (χ1v) is 18.1. The van der Waals surface area contributed by atoms with Gasteiger partial charge in [-0.25, -0.2) is 0 Å². The Balaban J connectivity index is 1.50. The first kappa shape index (κ1) is 29.3. The molecule has 0 N–H and O–H groups in total. The van der Waals surface area contributed by atoms with Gasteiger partial charge in [-0.15, -0.1) is 0 Å². The Hall–Kier alpha value is -3.12. The number of hydrogen-bond acceptors (Lipinski definition) is 0. The molecule has 45 heavy (non-hydrogen) atoms. The van der Waals surface area contributed by atoms with Crippen LogP contribution in [-0.4, -0.2) is 0 Å². The molecule has 0 bridgehead atoms. The summed E-state index contributed by atoms with van der Waals surface area (Å²) in [5.41, 5.74) is 18.8. The maximum atomic E-state index is 2.73. The highest BCUT2D eigenvalue weighted by atomic mass is 14.6. The van der Waals surface area contributed by atoms with Gasteiger partial charge in [-0.3, -0.25) is 0 Å². The van der Waals surface area contributed by atoms with Crippen molar-refractivity contribution in [1.82, 2.24) is 0 Å². The summed E-state index contributed by atoms with van der Waals surface area (Å²) in [7, 11) is 0. The van der Waals surface area contributed by atoms with Gasteiger partial charge in [0.1, 0.15) is 0 Å². The van der Waals surface area contributed by atoms with Gasteiger partial charge in [-0.1, -0.05) is 124 Å². The molecule has 0 aliphatic heterocycles. The lowest BCUT2D eigenvalue weighted by Crippen LogP contribution is -2.42. The number of benzene rings is 4. The SMILES string of the molecule is Cc1ccc(C(c2ccc(C)cc2)(C2CCCC2)C2c3cc4c(cc3-c3cc5c(cc32)CCCC5(C)C)C(C)(C)CCC4)cc1. The molecule has 0 nitrogen and oxygen atoms in total. The van der Waals surface area contributed by atoms with Gasteiger partial charge in [0.15, 0.2) is 0 Å². The van der Waals surface area contributed by atoms with Crippen molar-refractivity contribution >= 4 is 0 Å². The summed E-state index contributed by atoms with van der Waals surface area (Å²) in [6.07, 6.45) is 12.9. The largest absolute Gasteiger partial charge is 0.0590 e. The van der Waals surface area contributed by atoms with Gasteiger partial charge in [0.2, 0.25) is 0 Å². The topological polar surface area (TPSA) is 0 Å². The van der Waals surface area contributed by atoms with Crippen LogP contribution in [0, 0.1) is 19.8 Å². The zero-order chi connectivity index (χ0) is 31.1. The summed E-state index contributed by atoms with van der Waals surface area (Å²) in [6, 6.07) is 30.4. The van der Waals surface area contributed by atoms with Gasteiger partial charge in [0.25, 0.3) is 0 Å². The summed E-state index contributed by atoms with van der Waals surface area (Å²) in [5.74, 6) is 0.911. The first-order chi connectivity index (χ1) is 21.6. The summed E-state index contributed by atoms with van der Waals surface area (Å²) in [6.45, 7) is 14.4. The lowest BCUT2D eigenvalue weighted by molar-refractivity contribution is 0.294. The predicted molar refractivity (Wildman–Crippen MR) is 191 cm³/mol. The lowest BCUT2D eigenvalue weighted by atomic mass is 9.55. The minimum atomic E-state index is -0.116. The van der Waals surface area contributed by atoms with E-state index in [1.807, 2.05) is 0 Å². The Morgan fingerprint density at radius 1 is 0.556 bits per heavy atom. The second-order valence-corrected chi connectivity index (χ2v) is 16.7. The van der Waals surface area contributed by atoms with Crippen LogP contribution in [0.3, 0.4) is 0 Å². The second kappa shape index (κ2) is 10.4. The van der Waals surface area contributed by atoms with E-state index in [9.17, 15) is 0 Å². The highest BCUT2D eigenvalue weighted by Gasteiger charge is 2.53. The minimum absolute atomic E-state index is 0.116. The zero-order valence-electron chi connectivity index (χ0n) is 28.7. The normalized spacial score (nSPS) is 20.4. The summed E-state index contributed by atoms with van der Waals surface area (Å²) in [5, 5.41) is 0. The van der Waals surface area contributed by atoms with Crippen molar-refractivity contribution in [2.45, 2.75) is 128 Å². The Morgan fingerprint density at radius 2 is 0.978 bits per heavy atom. The van der Waals surface area contributed by atoms with E-state index in [0.717, 1.165) is 0 Å². The summed E-state index contributed by atoms with van der Waals surface area (Å²) >= 11 is 0. The average Bonchev–Trinajstić information content (AvgIpc) is 3.65. The third-order valence-electron chi connectivity index (χ3n) is 12.9. The molecular formula is C45H52. The molecular weight excluding hydrogens is 540 g/mol. The molecule has 4 aromatic rings. The third kappa shape index (κ3) is 4.45. The van der Waals surface area contributed by atoms with Crippen molar-refractivity contribution in [3.8, 4) is 11.1 Å². The molecule has 0 heterocycles. The average molecular weight is 593 g/mol. The number of fused-ring (bicyclic) bond motifs is 5. The standard InChI is InChI=1S/C45H52/c1-29-15-19-34(20-16-29)45(33-13-7-8-14-33,35-21-17-30(2)18-22-35)42-38-25-31-11-9-23-43(3,4)40(31)27-36(38)37-28-41-32(26-39(37)42)12-10-24-44(41,5)6/h15-22,25-28,33,42H,7-14,23-24H2,1-6H3. The highest BCUT2D eigenvalue weighted by molar-refractivity contribution is 5.83. The first-order valence-electron chi connectivity index (χ1n) is 18.1. The quantitative estimate of drug-likeness (QED) is 0.221. The van der Waals surface area contributed by atoms with Gasteiger partial charge < -0.3 is 0 Å². The Kier molecular flexibility index (Phi) is 6.80. The third-order valence-corrected chi connectivity index (χ3v) is 12.9. The molecule has 4 aliphatic carbocycles. The molecule has 0 atom stereocenters. The van der Waals surface area contributed by atoms with Crippen molar-refractivity contribution in [2.24, 2.45) is 5.92 Å². The monoisotopic (exact) mass is 592 g/mol. The molecule has 0 spiro atoms. The maximum Gasteiger partial charge on any atom is 0.0340 e. The molecule has 0 radical (unpaired) electrons. The smallest absolute Gasteiger partial charge is 0.0340 e. The lowest BCUT2D eigenvalue weighted by Gasteiger charge is -2.47. The van der Waals surface area contributed by atoms with Crippen LogP contribution in [0.5, 0.6) is 0 Å².